The summed E-state index contributed by atoms with van der Waals surface area (Å²) in [5.41, 5.74) is 4.04. The number of hydrogen-bond acceptors (Lipinski definition) is 5. The molecule has 4 rings (SSSR count). The second-order valence-corrected chi connectivity index (χ2v) is 8.39. The summed E-state index contributed by atoms with van der Waals surface area (Å²) in [6.45, 7) is 0.826. The molecule has 142 valence electrons. The van der Waals surface area contributed by atoms with Crippen LogP contribution >= 0.6 is 23.5 Å². The highest BCUT2D eigenvalue weighted by molar-refractivity contribution is 7.97. The number of allylic oxidation sites excluding steroid dienone is 4. The highest BCUT2D eigenvalue weighted by Crippen LogP contribution is 2.42. The molecule has 0 fully saturated rings. The van der Waals surface area contributed by atoms with Crippen molar-refractivity contribution in [2.24, 2.45) is 0 Å². The number of aromatic amines is 1. The predicted molar refractivity (Wildman–Crippen MR) is 114 cm³/mol. The molecule has 1 aliphatic heterocycles. The number of benzene rings is 1. The summed E-state index contributed by atoms with van der Waals surface area (Å²) in [5, 5.41) is 11.3. The van der Waals surface area contributed by atoms with Crippen LogP contribution in [0.5, 0.6) is 0 Å². The lowest BCUT2D eigenvalue weighted by molar-refractivity contribution is 0.516. The Morgan fingerprint density at radius 2 is 2.18 bits per heavy atom. The lowest BCUT2D eigenvalue weighted by atomic mass is 10.1. The normalized spacial score (nSPS) is 16.4. The van der Waals surface area contributed by atoms with Crippen LogP contribution in [0.3, 0.4) is 0 Å². The van der Waals surface area contributed by atoms with Gasteiger partial charge in [-0.1, -0.05) is 23.7 Å². The molecule has 2 heterocycles. The Morgan fingerprint density at radius 1 is 1.36 bits per heavy atom. The van der Waals surface area contributed by atoms with E-state index < -0.39 is 0 Å². The molecule has 1 N–H and O–H groups in total. The molecule has 5 nitrogen and oxygen atoms in total. The number of H-pyrrole nitrogens is 1. The predicted octanol–water partition coefficient (Wildman–Crippen LogP) is 4.45. The first-order chi connectivity index (χ1) is 13.5. The van der Waals surface area contributed by atoms with Crippen LogP contribution in [0.25, 0.3) is 10.8 Å². The molecule has 0 saturated carbocycles. The molecule has 0 saturated heterocycles. The first-order valence-electron chi connectivity index (χ1n) is 8.96. The summed E-state index contributed by atoms with van der Waals surface area (Å²) in [5.74, 6) is 0. The largest absolute Gasteiger partial charge is 0.378 e. The number of hydrogen-bond donors (Lipinski definition) is 1. The van der Waals surface area contributed by atoms with Gasteiger partial charge in [0.15, 0.2) is 0 Å². The van der Waals surface area contributed by atoms with Crippen LogP contribution in [0.4, 0.5) is 0 Å². The Morgan fingerprint density at radius 3 is 2.93 bits per heavy atom. The minimum Gasteiger partial charge on any atom is -0.378 e. The monoisotopic (exact) mass is 410 g/mol. The van der Waals surface area contributed by atoms with E-state index in [0.717, 1.165) is 40.2 Å². The number of rotatable bonds is 3. The van der Waals surface area contributed by atoms with Gasteiger partial charge in [-0.15, -0.1) is 0 Å². The third kappa shape index (κ3) is 3.21. The Hall–Kier alpha value is -2.62. The first kappa shape index (κ1) is 18.7. The van der Waals surface area contributed by atoms with Gasteiger partial charge in [0.2, 0.25) is 0 Å². The lowest BCUT2D eigenvalue weighted by Crippen LogP contribution is -2.13. The summed E-state index contributed by atoms with van der Waals surface area (Å²) in [6, 6.07) is 7.94. The number of halogens is 1. The topological polar surface area (TPSA) is 63.1 Å². The van der Waals surface area contributed by atoms with Gasteiger partial charge in [-0.25, -0.2) is 0 Å². The Balaban J connectivity index is 1.79. The molecule has 1 aromatic heterocycles. The molecule has 2 aliphatic rings. The Labute approximate surface area is 172 Å². The average molecular weight is 411 g/mol. The van der Waals surface area contributed by atoms with Gasteiger partial charge in [-0.3, -0.25) is 4.79 Å². The molecule has 0 bridgehead atoms. The van der Waals surface area contributed by atoms with E-state index in [2.05, 4.69) is 26.3 Å². The van der Waals surface area contributed by atoms with E-state index in [9.17, 15) is 10.1 Å². The number of nitriles is 1. The first-order valence-corrected chi connectivity index (χ1v) is 10.1. The molecule has 28 heavy (non-hydrogen) atoms. The van der Waals surface area contributed by atoms with Crippen molar-refractivity contribution in [3.8, 4) is 6.07 Å². The van der Waals surface area contributed by atoms with Gasteiger partial charge < -0.3 is 14.2 Å². The van der Waals surface area contributed by atoms with Gasteiger partial charge in [0.05, 0.1) is 16.8 Å². The average Bonchev–Trinajstić information content (AvgIpc) is 2.95. The number of pyridine rings is 1. The van der Waals surface area contributed by atoms with Crippen LogP contribution in [0.1, 0.15) is 12.8 Å². The van der Waals surface area contributed by atoms with E-state index in [1.165, 1.54) is 11.8 Å². The van der Waals surface area contributed by atoms with Crippen LogP contribution in [-0.2, 0) is 0 Å². The summed E-state index contributed by atoms with van der Waals surface area (Å²) in [4.78, 5) is 17.9. The van der Waals surface area contributed by atoms with Gasteiger partial charge in [-0.2, -0.15) is 5.26 Å². The smallest absolute Gasteiger partial charge is 0.255 e. The summed E-state index contributed by atoms with van der Waals surface area (Å²) >= 11 is 7.97. The second-order valence-electron chi connectivity index (χ2n) is 6.92. The maximum Gasteiger partial charge on any atom is 0.255 e. The number of nitrogens with zero attached hydrogens (tertiary/aromatic N) is 3. The van der Waals surface area contributed by atoms with E-state index >= 15 is 0 Å². The number of fused-ring (bicyclic) bond motifs is 1. The van der Waals surface area contributed by atoms with Crippen LogP contribution in [0.15, 0.2) is 68.8 Å². The van der Waals surface area contributed by atoms with Gasteiger partial charge in [0.1, 0.15) is 0 Å². The zero-order chi connectivity index (χ0) is 19.8. The standard InChI is InChI=1S/C21H19ClN4OS/c1-25(2)17-7-6-13(11-23)10-18-14(17)8-9-26(18)28-19-5-3-4-15-20(19)16(22)12-24-21(15)27/h3-5,7,10,12H,6,8-9H2,1-2H3,(H,24,27). The van der Waals surface area contributed by atoms with Crippen molar-refractivity contribution < 1.29 is 0 Å². The molecule has 0 amide bonds. The van der Waals surface area contributed by atoms with Gasteiger partial charge >= 0.3 is 0 Å². The lowest BCUT2D eigenvalue weighted by Gasteiger charge is -2.21. The van der Waals surface area contributed by atoms with Crippen molar-refractivity contribution in [2.45, 2.75) is 17.7 Å². The van der Waals surface area contributed by atoms with E-state index in [1.807, 2.05) is 32.3 Å². The van der Waals surface area contributed by atoms with Crippen molar-refractivity contribution >= 4 is 34.3 Å². The van der Waals surface area contributed by atoms with Crippen molar-refractivity contribution in [2.75, 3.05) is 20.6 Å². The molecule has 0 radical (unpaired) electrons. The number of nitrogens with one attached hydrogen (secondary N) is 1. The van der Waals surface area contributed by atoms with Crippen LogP contribution in [0, 0.1) is 11.3 Å². The molecule has 2 aromatic rings. The molecule has 1 aromatic carbocycles. The Kier molecular flexibility index (Phi) is 4.96. The maximum absolute atomic E-state index is 12.2. The van der Waals surface area contributed by atoms with Crippen molar-refractivity contribution in [3.63, 3.8) is 0 Å². The van der Waals surface area contributed by atoms with Crippen molar-refractivity contribution in [1.29, 1.82) is 5.26 Å². The fourth-order valence-electron chi connectivity index (χ4n) is 3.65. The number of aromatic nitrogens is 1. The van der Waals surface area contributed by atoms with Gasteiger partial charge in [-0.05, 0) is 36.6 Å². The third-order valence-corrected chi connectivity index (χ3v) is 6.39. The summed E-state index contributed by atoms with van der Waals surface area (Å²) in [6.07, 6.45) is 7.19. The second kappa shape index (κ2) is 7.42. The fourth-order valence-corrected chi connectivity index (χ4v) is 5.10. The third-order valence-electron chi connectivity index (χ3n) is 4.95. The molecule has 0 unspecified atom stereocenters. The molecule has 7 heteroatoms. The number of likely N-dealkylation sites (N-methyl/N-ethyl adjacent to an activating group) is 1. The minimum absolute atomic E-state index is 0.151. The maximum atomic E-state index is 12.2. The molecule has 0 spiro atoms. The Bertz CT molecular complexity index is 1150. The minimum atomic E-state index is -0.151. The molecular weight excluding hydrogens is 392 g/mol. The van der Waals surface area contributed by atoms with Crippen molar-refractivity contribution in [1.82, 2.24) is 14.2 Å². The van der Waals surface area contributed by atoms with Gasteiger partial charge in [0, 0.05) is 65.8 Å². The van der Waals surface area contributed by atoms with Crippen LogP contribution in [-0.4, -0.2) is 34.8 Å². The van der Waals surface area contributed by atoms with Gasteiger partial charge in [0.25, 0.3) is 5.56 Å². The highest BCUT2D eigenvalue weighted by atomic mass is 35.5. The van der Waals surface area contributed by atoms with E-state index in [1.54, 1.807) is 18.0 Å². The van der Waals surface area contributed by atoms with E-state index in [-0.39, 0.29) is 5.56 Å². The van der Waals surface area contributed by atoms with Crippen LogP contribution in [0.2, 0.25) is 5.02 Å². The van der Waals surface area contributed by atoms with E-state index in [4.69, 9.17) is 11.6 Å². The SMILES string of the molecule is CN(C)C1=CCC(C#N)=CC2=C1CCN2Sc1cccc2c(=O)[nH]cc(Cl)c12. The highest BCUT2D eigenvalue weighted by Gasteiger charge is 2.28. The quantitative estimate of drug-likeness (QED) is 0.757. The fraction of sp³-hybridized carbons (Fsp3) is 0.238. The zero-order valence-electron chi connectivity index (χ0n) is 15.6. The molecule has 0 atom stereocenters. The van der Waals surface area contributed by atoms with Crippen LogP contribution < -0.4 is 5.56 Å². The van der Waals surface area contributed by atoms with Crippen molar-refractivity contribution in [3.05, 3.63) is 74.5 Å². The summed E-state index contributed by atoms with van der Waals surface area (Å²) < 4.78 is 2.20. The zero-order valence-corrected chi connectivity index (χ0v) is 17.2. The molecule has 1 aliphatic carbocycles. The summed E-state index contributed by atoms with van der Waals surface area (Å²) in [7, 11) is 4.06. The van der Waals surface area contributed by atoms with E-state index in [0.29, 0.717) is 16.8 Å². The molecular formula is C21H19ClN4OS.